The maximum Gasteiger partial charge on any atom is 0.271 e. The van der Waals surface area contributed by atoms with E-state index in [1.165, 1.54) is 22.5 Å². The highest BCUT2D eigenvalue weighted by molar-refractivity contribution is 7.07. The van der Waals surface area contributed by atoms with Gasteiger partial charge in [-0.15, -0.1) is 0 Å². The van der Waals surface area contributed by atoms with Crippen molar-refractivity contribution in [1.82, 2.24) is 4.57 Å². The molecule has 0 amide bonds. The van der Waals surface area contributed by atoms with E-state index < -0.39 is 0 Å². The first-order chi connectivity index (χ1) is 18.1. The number of benzene rings is 3. The molecular weight excluding hydrogens is 484 g/mol. The topological polar surface area (TPSA) is 62.0 Å². The van der Waals surface area contributed by atoms with Gasteiger partial charge in [0.15, 0.2) is 16.3 Å². The lowest BCUT2D eigenvalue weighted by Crippen LogP contribution is -2.38. The Labute approximate surface area is 218 Å². The molecule has 1 unspecified atom stereocenters. The molecule has 1 aromatic heterocycles. The van der Waals surface area contributed by atoms with E-state index in [2.05, 4.69) is 24.3 Å². The predicted molar refractivity (Wildman–Crippen MR) is 145 cm³/mol. The minimum atomic E-state index is -0.236. The zero-order chi connectivity index (χ0) is 25.5. The van der Waals surface area contributed by atoms with Crippen molar-refractivity contribution >= 4 is 23.1 Å². The van der Waals surface area contributed by atoms with Crippen LogP contribution in [0, 0.1) is 0 Å². The highest BCUT2D eigenvalue weighted by Gasteiger charge is 2.32. The smallest absolute Gasteiger partial charge is 0.271 e. The molecule has 4 aromatic rings. The fraction of sp³-hybridized carbons (Fsp3) is 0.200. The molecule has 2 heterocycles. The average Bonchev–Trinajstić information content (AvgIpc) is 3.25. The van der Waals surface area contributed by atoms with E-state index in [0.29, 0.717) is 20.8 Å². The summed E-state index contributed by atoms with van der Waals surface area (Å²) >= 11 is 1.40. The third-order valence-electron chi connectivity index (χ3n) is 7.02. The molecule has 1 aliphatic carbocycles. The van der Waals surface area contributed by atoms with E-state index in [4.69, 9.17) is 19.2 Å². The maximum atomic E-state index is 14.0. The second kappa shape index (κ2) is 9.41. The van der Waals surface area contributed by atoms with Crippen LogP contribution >= 0.6 is 11.3 Å². The van der Waals surface area contributed by atoms with Crippen molar-refractivity contribution in [1.29, 1.82) is 0 Å². The number of aromatic nitrogens is 1. The van der Waals surface area contributed by atoms with Crippen LogP contribution in [0.15, 0.2) is 82.1 Å². The molecule has 186 valence electrons. The predicted octanol–water partition coefficient (Wildman–Crippen LogP) is 4.34. The Hall–Kier alpha value is -4.10. The minimum absolute atomic E-state index is 0.0696. The Morgan fingerprint density at radius 2 is 1.73 bits per heavy atom. The van der Waals surface area contributed by atoms with Crippen LogP contribution in [0.1, 0.15) is 34.7 Å². The zero-order valence-corrected chi connectivity index (χ0v) is 21.7. The van der Waals surface area contributed by atoms with E-state index in [1.54, 1.807) is 21.3 Å². The number of fused-ring (bicyclic) bond motifs is 3. The van der Waals surface area contributed by atoms with Crippen LogP contribution in [0.5, 0.6) is 17.2 Å². The van der Waals surface area contributed by atoms with Gasteiger partial charge >= 0.3 is 0 Å². The Kier molecular flexibility index (Phi) is 5.93. The van der Waals surface area contributed by atoms with Gasteiger partial charge in [0.05, 0.1) is 37.6 Å². The molecule has 37 heavy (non-hydrogen) atoms. The number of methoxy groups -OCH3 is 3. The summed E-state index contributed by atoms with van der Waals surface area (Å²) in [5, 5.41) is 0. The molecule has 0 fully saturated rings. The van der Waals surface area contributed by atoms with E-state index in [1.807, 2.05) is 53.1 Å². The van der Waals surface area contributed by atoms with Crippen LogP contribution in [0.25, 0.3) is 11.8 Å². The number of allylic oxidation sites excluding steroid dienone is 1. The van der Waals surface area contributed by atoms with Crippen molar-refractivity contribution in [3.05, 3.63) is 114 Å². The number of thiazole rings is 1. The van der Waals surface area contributed by atoms with Gasteiger partial charge in [-0.1, -0.05) is 59.9 Å². The molecular formula is C30H26N2O4S. The molecule has 6 nitrogen and oxygen atoms in total. The third-order valence-corrected chi connectivity index (χ3v) is 8.01. The van der Waals surface area contributed by atoms with Gasteiger partial charge in [-0.05, 0) is 53.8 Å². The Bertz CT molecular complexity index is 1710. The van der Waals surface area contributed by atoms with Crippen LogP contribution in [-0.2, 0) is 6.42 Å². The SMILES string of the molecule is COc1ccc(C2C3=C(N=c4sc(=Cc5cccc(OC)c5OC)c(=O)n42)c2ccccc2CC3)cc1. The molecule has 2 aliphatic rings. The molecule has 0 N–H and O–H groups in total. The summed E-state index contributed by atoms with van der Waals surface area (Å²) in [5.74, 6) is 1.99. The minimum Gasteiger partial charge on any atom is -0.497 e. The van der Waals surface area contributed by atoms with E-state index in [-0.39, 0.29) is 11.6 Å². The summed E-state index contributed by atoms with van der Waals surface area (Å²) in [4.78, 5) is 19.7. The summed E-state index contributed by atoms with van der Waals surface area (Å²) in [6.07, 6.45) is 3.63. The lowest BCUT2D eigenvalue weighted by molar-refractivity contribution is 0.354. The number of ether oxygens (including phenoxy) is 3. The highest BCUT2D eigenvalue weighted by Crippen LogP contribution is 2.41. The highest BCUT2D eigenvalue weighted by atomic mass is 32.1. The van der Waals surface area contributed by atoms with E-state index in [9.17, 15) is 4.79 Å². The molecule has 0 saturated heterocycles. The molecule has 0 radical (unpaired) electrons. The molecule has 3 aromatic carbocycles. The zero-order valence-electron chi connectivity index (χ0n) is 20.9. The van der Waals surface area contributed by atoms with Gasteiger partial charge in [0.25, 0.3) is 5.56 Å². The molecule has 0 saturated carbocycles. The first-order valence-corrected chi connectivity index (χ1v) is 12.9. The molecule has 7 heteroatoms. The second-order valence-corrected chi connectivity index (χ2v) is 9.98. The lowest BCUT2D eigenvalue weighted by Gasteiger charge is -2.30. The van der Waals surface area contributed by atoms with Gasteiger partial charge in [0.2, 0.25) is 0 Å². The van der Waals surface area contributed by atoms with Crippen molar-refractivity contribution in [2.24, 2.45) is 4.99 Å². The van der Waals surface area contributed by atoms with Crippen LogP contribution in [0.2, 0.25) is 0 Å². The second-order valence-electron chi connectivity index (χ2n) is 8.97. The molecule has 1 atom stereocenters. The van der Waals surface area contributed by atoms with Gasteiger partial charge in [-0.25, -0.2) is 4.99 Å². The van der Waals surface area contributed by atoms with Gasteiger partial charge in [0, 0.05) is 11.1 Å². The maximum absolute atomic E-state index is 14.0. The van der Waals surface area contributed by atoms with Crippen molar-refractivity contribution < 1.29 is 14.2 Å². The van der Waals surface area contributed by atoms with Crippen LogP contribution in [0.3, 0.4) is 0 Å². The summed E-state index contributed by atoms with van der Waals surface area (Å²) < 4.78 is 18.9. The number of rotatable bonds is 5. The van der Waals surface area contributed by atoms with Crippen molar-refractivity contribution in [2.75, 3.05) is 21.3 Å². The number of para-hydroxylation sites is 1. The van der Waals surface area contributed by atoms with Gasteiger partial charge < -0.3 is 14.2 Å². The standard InChI is InChI=1S/C30H26N2O4S/c1-34-21-14-11-19(12-15-21)27-23-16-13-18-7-4-5-9-22(18)26(23)31-30-32(27)29(33)25(37-30)17-20-8-6-10-24(35-2)28(20)36-3/h4-12,14-15,17,27H,13,16H2,1-3H3. The average molecular weight is 511 g/mol. The largest absolute Gasteiger partial charge is 0.497 e. The summed E-state index contributed by atoms with van der Waals surface area (Å²) in [5.41, 5.74) is 6.33. The fourth-order valence-electron chi connectivity index (χ4n) is 5.28. The third kappa shape index (κ3) is 3.86. The van der Waals surface area contributed by atoms with Gasteiger partial charge in [0.1, 0.15) is 5.75 Å². The van der Waals surface area contributed by atoms with Gasteiger partial charge in [-0.2, -0.15) is 0 Å². The Morgan fingerprint density at radius 3 is 2.49 bits per heavy atom. The normalized spacial score (nSPS) is 16.4. The van der Waals surface area contributed by atoms with Crippen LogP contribution < -0.4 is 29.1 Å². The number of nitrogens with zero attached hydrogens (tertiary/aromatic N) is 2. The van der Waals surface area contributed by atoms with Crippen molar-refractivity contribution in [3.8, 4) is 17.2 Å². The monoisotopic (exact) mass is 510 g/mol. The molecule has 0 spiro atoms. The van der Waals surface area contributed by atoms with Crippen molar-refractivity contribution in [3.63, 3.8) is 0 Å². The number of hydrogen-bond acceptors (Lipinski definition) is 6. The quantitative estimate of drug-likeness (QED) is 0.401. The van der Waals surface area contributed by atoms with Gasteiger partial charge in [-0.3, -0.25) is 9.36 Å². The Morgan fingerprint density at radius 1 is 0.919 bits per heavy atom. The van der Waals surface area contributed by atoms with Crippen LogP contribution in [-0.4, -0.2) is 25.9 Å². The van der Waals surface area contributed by atoms with E-state index >= 15 is 0 Å². The Balaban J connectivity index is 1.61. The molecule has 6 rings (SSSR count). The first kappa shape index (κ1) is 23.3. The first-order valence-electron chi connectivity index (χ1n) is 12.1. The number of hydrogen-bond donors (Lipinski definition) is 0. The van der Waals surface area contributed by atoms with E-state index in [0.717, 1.165) is 41.0 Å². The number of aryl methyl sites for hydroxylation is 1. The lowest BCUT2D eigenvalue weighted by atomic mass is 9.83. The fourth-order valence-corrected chi connectivity index (χ4v) is 6.27. The van der Waals surface area contributed by atoms with Crippen molar-refractivity contribution in [2.45, 2.75) is 18.9 Å². The summed E-state index contributed by atoms with van der Waals surface area (Å²) in [7, 11) is 4.86. The molecule has 0 bridgehead atoms. The molecule has 1 aliphatic heterocycles. The van der Waals surface area contributed by atoms with Crippen LogP contribution in [0.4, 0.5) is 0 Å². The summed E-state index contributed by atoms with van der Waals surface area (Å²) in [6, 6.07) is 21.8. The summed E-state index contributed by atoms with van der Waals surface area (Å²) in [6.45, 7) is 0.